The molecule has 168 valence electrons. The molecule has 1 aliphatic heterocycles. The first kappa shape index (κ1) is 21.0. The molecule has 1 aliphatic rings. The summed E-state index contributed by atoms with van der Waals surface area (Å²) >= 11 is 0. The molecule has 1 saturated heterocycles. The maximum absolute atomic E-state index is 13.4. The van der Waals surface area contributed by atoms with E-state index in [4.69, 9.17) is 9.47 Å². The molecule has 0 N–H and O–H groups in total. The van der Waals surface area contributed by atoms with Crippen LogP contribution < -0.4 is 9.47 Å². The van der Waals surface area contributed by atoms with Crippen LogP contribution in [0.5, 0.6) is 11.5 Å². The van der Waals surface area contributed by atoms with Gasteiger partial charge in [-0.2, -0.15) is 0 Å². The van der Waals surface area contributed by atoms with Crippen molar-refractivity contribution in [2.75, 3.05) is 20.8 Å². The first-order valence-corrected chi connectivity index (χ1v) is 11.1. The van der Waals surface area contributed by atoms with E-state index in [-0.39, 0.29) is 11.9 Å². The zero-order chi connectivity index (χ0) is 22.8. The van der Waals surface area contributed by atoms with Crippen molar-refractivity contribution in [2.24, 2.45) is 0 Å². The Morgan fingerprint density at radius 1 is 1.03 bits per heavy atom. The summed E-state index contributed by atoms with van der Waals surface area (Å²) in [4.78, 5) is 15.4. The third-order valence-electron chi connectivity index (χ3n) is 6.26. The number of likely N-dealkylation sites (tertiary alicyclic amines) is 1. The number of carbonyl (C=O) groups is 1. The molecule has 1 amide bonds. The molecule has 4 aromatic rings. The highest BCUT2D eigenvalue weighted by atomic mass is 16.5. The lowest BCUT2D eigenvalue weighted by molar-refractivity contribution is 0.0734. The van der Waals surface area contributed by atoms with Crippen LogP contribution in [0.25, 0.3) is 11.0 Å². The Balaban J connectivity index is 1.36. The van der Waals surface area contributed by atoms with Gasteiger partial charge in [0.05, 0.1) is 32.3 Å². The Hall–Kier alpha value is -3.87. The van der Waals surface area contributed by atoms with Gasteiger partial charge in [0, 0.05) is 17.7 Å². The van der Waals surface area contributed by atoms with E-state index in [0.717, 1.165) is 53.0 Å². The number of carbonyl (C=O) groups excluding carboxylic acids is 1. The summed E-state index contributed by atoms with van der Waals surface area (Å²) in [7, 11) is 3.30. The van der Waals surface area contributed by atoms with Crippen LogP contribution in [0.3, 0.4) is 0 Å². The van der Waals surface area contributed by atoms with Crippen LogP contribution in [-0.4, -0.2) is 46.6 Å². The molecule has 1 unspecified atom stereocenters. The Bertz CT molecular complexity index is 1280. The van der Waals surface area contributed by atoms with Crippen molar-refractivity contribution in [3.8, 4) is 11.5 Å². The second-order valence-corrected chi connectivity index (χ2v) is 8.20. The van der Waals surface area contributed by atoms with Crippen LogP contribution in [0.2, 0.25) is 0 Å². The molecule has 0 spiro atoms. The molecule has 3 aromatic carbocycles. The average molecular weight is 443 g/mol. The Kier molecular flexibility index (Phi) is 5.69. The van der Waals surface area contributed by atoms with E-state index in [1.54, 1.807) is 14.2 Å². The highest BCUT2D eigenvalue weighted by Crippen LogP contribution is 2.39. The summed E-state index contributed by atoms with van der Waals surface area (Å²) < 4.78 is 12.9. The molecule has 33 heavy (non-hydrogen) atoms. The fraction of sp³-hybridized carbons (Fsp3) is 0.269. The van der Waals surface area contributed by atoms with Crippen LogP contribution in [0.4, 0.5) is 0 Å². The van der Waals surface area contributed by atoms with E-state index in [2.05, 4.69) is 10.3 Å². The number of hydrogen-bond donors (Lipinski definition) is 0. The van der Waals surface area contributed by atoms with E-state index in [9.17, 15) is 4.79 Å². The topological polar surface area (TPSA) is 69.5 Å². The fourth-order valence-electron chi connectivity index (χ4n) is 4.56. The van der Waals surface area contributed by atoms with E-state index in [1.165, 1.54) is 0 Å². The lowest BCUT2D eigenvalue weighted by Crippen LogP contribution is -2.30. The molecule has 7 heteroatoms. The van der Waals surface area contributed by atoms with Crippen LogP contribution in [-0.2, 0) is 6.54 Å². The smallest absolute Gasteiger partial charge is 0.254 e. The van der Waals surface area contributed by atoms with Gasteiger partial charge in [0.25, 0.3) is 5.91 Å². The molecular weight excluding hydrogens is 416 g/mol. The Morgan fingerprint density at radius 2 is 1.85 bits per heavy atom. The van der Waals surface area contributed by atoms with E-state index < -0.39 is 0 Å². The molecule has 2 heterocycles. The van der Waals surface area contributed by atoms with Crippen molar-refractivity contribution < 1.29 is 14.3 Å². The molecule has 0 saturated carbocycles. The van der Waals surface area contributed by atoms with Crippen molar-refractivity contribution in [1.82, 2.24) is 19.9 Å². The van der Waals surface area contributed by atoms with Gasteiger partial charge >= 0.3 is 0 Å². The molecule has 5 rings (SSSR count). The molecule has 1 atom stereocenters. The Morgan fingerprint density at radius 3 is 2.64 bits per heavy atom. The minimum absolute atomic E-state index is 0.0279. The average Bonchev–Trinajstić information content (AvgIpc) is 3.51. The van der Waals surface area contributed by atoms with Crippen LogP contribution in [0, 0.1) is 0 Å². The number of aromatic nitrogens is 3. The molecule has 7 nitrogen and oxygen atoms in total. The van der Waals surface area contributed by atoms with Crippen molar-refractivity contribution >= 4 is 16.9 Å². The predicted molar refractivity (Wildman–Crippen MR) is 126 cm³/mol. The van der Waals surface area contributed by atoms with Gasteiger partial charge in [0.2, 0.25) is 0 Å². The number of nitrogens with zero attached hydrogens (tertiary/aromatic N) is 4. The summed E-state index contributed by atoms with van der Waals surface area (Å²) in [6.45, 7) is 1.32. The number of methoxy groups -OCH3 is 2. The van der Waals surface area contributed by atoms with Crippen molar-refractivity contribution in [3.05, 3.63) is 83.4 Å². The fourth-order valence-corrected chi connectivity index (χ4v) is 4.56. The molecule has 0 radical (unpaired) electrons. The normalized spacial score (nSPS) is 15.7. The van der Waals surface area contributed by atoms with Gasteiger partial charge < -0.3 is 14.4 Å². The highest BCUT2D eigenvalue weighted by molar-refractivity contribution is 5.94. The quantitative estimate of drug-likeness (QED) is 0.441. The largest absolute Gasteiger partial charge is 0.497 e. The van der Waals surface area contributed by atoms with Crippen molar-refractivity contribution in [2.45, 2.75) is 25.4 Å². The molecule has 1 aromatic heterocycles. The number of amides is 1. The summed E-state index contributed by atoms with van der Waals surface area (Å²) in [6, 6.07) is 21.4. The molecule has 0 bridgehead atoms. The number of para-hydroxylation sites is 1. The first-order chi connectivity index (χ1) is 16.2. The Labute approximate surface area is 192 Å². The molecule has 1 fully saturated rings. The maximum atomic E-state index is 13.4. The van der Waals surface area contributed by atoms with E-state index >= 15 is 0 Å². The van der Waals surface area contributed by atoms with E-state index in [1.807, 2.05) is 76.3 Å². The van der Waals surface area contributed by atoms with Gasteiger partial charge in [-0.3, -0.25) is 4.79 Å². The number of ether oxygens (including phenoxy) is 2. The van der Waals surface area contributed by atoms with Gasteiger partial charge in [-0.05, 0) is 60.9 Å². The monoisotopic (exact) mass is 442 g/mol. The third kappa shape index (κ3) is 4.02. The van der Waals surface area contributed by atoms with Gasteiger partial charge in [0.1, 0.15) is 17.0 Å². The number of fused-ring (bicyclic) bond motifs is 1. The SMILES string of the molecule is COc1ccc(OC)c(C2CCCN2C(=O)c2ccc(Cn3nnc4ccccc43)cc2)c1. The molecule has 0 aliphatic carbocycles. The third-order valence-corrected chi connectivity index (χ3v) is 6.26. The lowest BCUT2D eigenvalue weighted by atomic mass is 10.0. The lowest BCUT2D eigenvalue weighted by Gasteiger charge is -2.27. The summed E-state index contributed by atoms with van der Waals surface area (Å²) in [5, 5.41) is 8.46. The minimum atomic E-state index is -0.0382. The van der Waals surface area contributed by atoms with Gasteiger partial charge in [-0.25, -0.2) is 4.68 Å². The number of rotatable bonds is 6. The zero-order valence-electron chi connectivity index (χ0n) is 18.8. The van der Waals surface area contributed by atoms with E-state index in [0.29, 0.717) is 12.1 Å². The van der Waals surface area contributed by atoms with Crippen LogP contribution in [0.1, 0.15) is 40.4 Å². The standard InChI is InChI=1S/C26H26N4O3/c1-32-20-13-14-25(33-2)21(16-20)23-8-5-15-29(23)26(31)19-11-9-18(10-12-19)17-30-24-7-4-3-6-22(24)27-28-30/h3-4,6-7,9-14,16,23H,5,8,15,17H2,1-2H3. The van der Waals surface area contributed by atoms with Gasteiger partial charge in [-0.1, -0.05) is 29.5 Å². The second kappa shape index (κ2) is 8.94. The van der Waals surface area contributed by atoms with Crippen molar-refractivity contribution in [1.29, 1.82) is 0 Å². The van der Waals surface area contributed by atoms with Gasteiger partial charge in [-0.15, -0.1) is 5.10 Å². The first-order valence-electron chi connectivity index (χ1n) is 11.1. The number of hydrogen-bond acceptors (Lipinski definition) is 5. The highest BCUT2D eigenvalue weighted by Gasteiger charge is 2.32. The second-order valence-electron chi connectivity index (χ2n) is 8.20. The van der Waals surface area contributed by atoms with Crippen molar-refractivity contribution in [3.63, 3.8) is 0 Å². The van der Waals surface area contributed by atoms with Crippen LogP contribution in [0.15, 0.2) is 66.7 Å². The summed E-state index contributed by atoms with van der Waals surface area (Å²) in [5.41, 5.74) is 4.59. The maximum Gasteiger partial charge on any atom is 0.254 e. The predicted octanol–water partition coefficient (Wildman–Crippen LogP) is 4.47. The molecular formula is C26H26N4O3. The minimum Gasteiger partial charge on any atom is -0.497 e. The summed E-state index contributed by atoms with van der Waals surface area (Å²) in [6.07, 6.45) is 1.85. The summed E-state index contributed by atoms with van der Waals surface area (Å²) in [5.74, 6) is 1.56. The zero-order valence-corrected chi connectivity index (χ0v) is 18.8. The van der Waals surface area contributed by atoms with Crippen LogP contribution >= 0.6 is 0 Å². The van der Waals surface area contributed by atoms with Gasteiger partial charge in [0.15, 0.2) is 0 Å². The number of benzene rings is 3.